The van der Waals surface area contributed by atoms with Crippen molar-refractivity contribution in [3.8, 4) is 17.0 Å². The molecule has 18 heavy (non-hydrogen) atoms. The molecule has 0 aliphatic carbocycles. The molecule has 0 atom stereocenters. The van der Waals surface area contributed by atoms with Crippen LogP contribution in [0.5, 0.6) is 5.75 Å². The molecular weight excluding hydrogens is 232 g/mol. The Morgan fingerprint density at radius 2 is 2.06 bits per heavy atom. The maximum absolute atomic E-state index is 10.8. The summed E-state index contributed by atoms with van der Waals surface area (Å²) >= 11 is 0. The standard InChI is InChI=1S/C13H14N2O3/c1-9-7-12(15(14-9)8-13(16)17)10-3-5-11(18-2)6-4-10/h3-7H,8H2,1-2H3,(H,16,17). The van der Waals surface area contributed by atoms with E-state index in [1.54, 1.807) is 7.11 Å². The maximum Gasteiger partial charge on any atom is 0.325 e. The third-order valence-electron chi connectivity index (χ3n) is 2.57. The summed E-state index contributed by atoms with van der Waals surface area (Å²) in [5, 5.41) is 13.0. The third kappa shape index (κ3) is 2.51. The van der Waals surface area contributed by atoms with Gasteiger partial charge in [-0.25, -0.2) is 0 Å². The molecule has 0 amide bonds. The summed E-state index contributed by atoms with van der Waals surface area (Å²) < 4.78 is 6.57. The minimum atomic E-state index is -0.909. The van der Waals surface area contributed by atoms with Gasteiger partial charge in [-0.2, -0.15) is 5.10 Å². The number of rotatable bonds is 4. The van der Waals surface area contributed by atoms with Gasteiger partial charge < -0.3 is 9.84 Å². The van der Waals surface area contributed by atoms with Crippen LogP contribution < -0.4 is 4.74 Å². The van der Waals surface area contributed by atoms with Gasteiger partial charge in [0.05, 0.1) is 18.5 Å². The van der Waals surface area contributed by atoms with Crippen molar-refractivity contribution < 1.29 is 14.6 Å². The highest BCUT2D eigenvalue weighted by Gasteiger charge is 2.10. The number of hydrogen-bond donors (Lipinski definition) is 1. The molecule has 2 rings (SSSR count). The van der Waals surface area contributed by atoms with Gasteiger partial charge in [-0.1, -0.05) is 0 Å². The Hall–Kier alpha value is -2.30. The Morgan fingerprint density at radius 1 is 1.39 bits per heavy atom. The van der Waals surface area contributed by atoms with Gasteiger partial charge in [-0.3, -0.25) is 9.48 Å². The Bertz CT molecular complexity index is 558. The summed E-state index contributed by atoms with van der Waals surface area (Å²) in [5.74, 6) is -0.146. The number of nitrogens with zero attached hydrogens (tertiary/aromatic N) is 2. The van der Waals surface area contributed by atoms with Crippen molar-refractivity contribution in [2.45, 2.75) is 13.5 Å². The van der Waals surface area contributed by atoms with Crippen LogP contribution in [0.3, 0.4) is 0 Å². The molecule has 0 saturated heterocycles. The smallest absolute Gasteiger partial charge is 0.325 e. The molecule has 1 N–H and O–H groups in total. The van der Waals surface area contributed by atoms with Crippen molar-refractivity contribution >= 4 is 5.97 Å². The van der Waals surface area contributed by atoms with Crippen molar-refractivity contribution in [2.75, 3.05) is 7.11 Å². The van der Waals surface area contributed by atoms with Crippen LogP contribution in [-0.4, -0.2) is 28.0 Å². The lowest BCUT2D eigenvalue weighted by Gasteiger charge is -2.06. The normalized spacial score (nSPS) is 10.3. The number of aryl methyl sites for hydroxylation is 1. The number of aromatic nitrogens is 2. The quantitative estimate of drug-likeness (QED) is 0.895. The van der Waals surface area contributed by atoms with Crippen LogP contribution in [0.4, 0.5) is 0 Å². The van der Waals surface area contributed by atoms with E-state index in [-0.39, 0.29) is 6.54 Å². The molecule has 1 aromatic heterocycles. The van der Waals surface area contributed by atoms with Crippen molar-refractivity contribution in [3.05, 3.63) is 36.0 Å². The molecule has 1 aromatic carbocycles. The highest BCUT2D eigenvalue weighted by Crippen LogP contribution is 2.23. The van der Waals surface area contributed by atoms with E-state index in [4.69, 9.17) is 9.84 Å². The molecule has 0 fully saturated rings. The molecule has 0 spiro atoms. The first-order chi connectivity index (χ1) is 8.60. The van der Waals surface area contributed by atoms with Crippen LogP contribution in [0, 0.1) is 6.92 Å². The van der Waals surface area contributed by atoms with Crippen LogP contribution in [0.2, 0.25) is 0 Å². The van der Waals surface area contributed by atoms with Crippen LogP contribution in [-0.2, 0) is 11.3 Å². The molecule has 0 saturated carbocycles. The van der Waals surface area contributed by atoms with Crippen molar-refractivity contribution in [2.24, 2.45) is 0 Å². The van der Waals surface area contributed by atoms with Gasteiger partial charge in [0.1, 0.15) is 12.3 Å². The van der Waals surface area contributed by atoms with Crippen molar-refractivity contribution in [3.63, 3.8) is 0 Å². The zero-order valence-corrected chi connectivity index (χ0v) is 10.3. The zero-order chi connectivity index (χ0) is 13.1. The number of carboxylic acids is 1. The summed E-state index contributed by atoms with van der Waals surface area (Å²) in [7, 11) is 1.60. The van der Waals surface area contributed by atoms with E-state index >= 15 is 0 Å². The van der Waals surface area contributed by atoms with Gasteiger partial charge in [-0.15, -0.1) is 0 Å². The molecule has 5 heteroatoms. The highest BCUT2D eigenvalue weighted by atomic mass is 16.5. The lowest BCUT2D eigenvalue weighted by atomic mass is 10.1. The molecule has 0 radical (unpaired) electrons. The average molecular weight is 246 g/mol. The largest absolute Gasteiger partial charge is 0.497 e. The Balaban J connectivity index is 2.39. The summed E-state index contributed by atoms with van der Waals surface area (Å²) in [6.07, 6.45) is 0. The second kappa shape index (κ2) is 4.91. The topological polar surface area (TPSA) is 64.4 Å². The Kier molecular flexibility index (Phi) is 3.32. The lowest BCUT2D eigenvalue weighted by molar-refractivity contribution is -0.137. The molecular formula is C13H14N2O3. The van der Waals surface area contributed by atoms with Gasteiger partial charge in [0.25, 0.3) is 0 Å². The van der Waals surface area contributed by atoms with Crippen LogP contribution in [0.25, 0.3) is 11.3 Å². The first-order valence-corrected chi connectivity index (χ1v) is 5.51. The van der Waals surface area contributed by atoms with E-state index < -0.39 is 5.97 Å². The number of hydrogen-bond acceptors (Lipinski definition) is 3. The third-order valence-corrected chi connectivity index (χ3v) is 2.57. The van der Waals surface area contributed by atoms with E-state index in [0.717, 1.165) is 22.7 Å². The molecule has 94 valence electrons. The van der Waals surface area contributed by atoms with E-state index in [9.17, 15) is 4.79 Å². The number of carboxylic acid groups (broad SMARTS) is 1. The van der Waals surface area contributed by atoms with Gasteiger partial charge in [0, 0.05) is 5.56 Å². The molecule has 5 nitrogen and oxygen atoms in total. The summed E-state index contributed by atoms with van der Waals surface area (Å²) in [4.78, 5) is 10.8. The minimum absolute atomic E-state index is 0.144. The second-order valence-corrected chi connectivity index (χ2v) is 3.95. The van der Waals surface area contributed by atoms with E-state index in [1.807, 2.05) is 37.3 Å². The highest BCUT2D eigenvalue weighted by molar-refractivity contribution is 5.69. The fourth-order valence-electron chi connectivity index (χ4n) is 1.79. The summed E-state index contributed by atoms with van der Waals surface area (Å²) in [6, 6.07) is 9.30. The minimum Gasteiger partial charge on any atom is -0.497 e. The van der Waals surface area contributed by atoms with Crippen molar-refractivity contribution in [1.82, 2.24) is 9.78 Å². The first-order valence-electron chi connectivity index (χ1n) is 5.51. The molecule has 0 aliphatic rings. The molecule has 2 aromatic rings. The van der Waals surface area contributed by atoms with E-state index in [1.165, 1.54) is 4.68 Å². The van der Waals surface area contributed by atoms with E-state index in [0.29, 0.717) is 0 Å². The number of methoxy groups -OCH3 is 1. The number of ether oxygens (including phenoxy) is 1. The van der Waals surface area contributed by atoms with Gasteiger partial charge in [0.15, 0.2) is 0 Å². The summed E-state index contributed by atoms with van der Waals surface area (Å²) in [5.41, 5.74) is 2.50. The number of aliphatic carboxylic acids is 1. The molecule has 1 heterocycles. The SMILES string of the molecule is COc1ccc(-c2cc(C)nn2CC(=O)O)cc1. The number of benzene rings is 1. The van der Waals surface area contributed by atoms with Gasteiger partial charge in [-0.05, 0) is 37.3 Å². The van der Waals surface area contributed by atoms with E-state index in [2.05, 4.69) is 5.10 Å². The molecule has 0 aliphatic heterocycles. The number of carbonyl (C=O) groups is 1. The fourth-order valence-corrected chi connectivity index (χ4v) is 1.79. The average Bonchev–Trinajstić information content (AvgIpc) is 2.69. The Morgan fingerprint density at radius 3 is 2.61 bits per heavy atom. The zero-order valence-electron chi connectivity index (χ0n) is 10.3. The first kappa shape index (κ1) is 12.2. The lowest BCUT2D eigenvalue weighted by Crippen LogP contribution is -2.11. The van der Waals surface area contributed by atoms with Gasteiger partial charge >= 0.3 is 5.97 Å². The monoisotopic (exact) mass is 246 g/mol. The predicted molar refractivity (Wildman–Crippen MR) is 66.6 cm³/mol. The summed E-state index contributed by atoms with van der Waals surface area (Å²) in [6.45, 7) is 1.70. The predicted octanol–water partition coefficient (Wildman–Crippen LogP) is 1.95. The van der Waals surface area contributed by atoms with Crippen LogP contribution in [0.15, 0.2) is 30.3 Å². The molecule has 0 unspecified atom stereocenters. The maximum atomic E-state index is 10.8. The second-order valence-electron chi connectivity index (χ2n) is 3.95. The van der Waals surface area contributed by atoms with Crippen molar-refractivity contribution in [1.29, 1.82) is 0 Å². The fraction of sp³-hybridized carbons (Fsp3) is 0.231. The Labute approximate surface area is 105 Å². The van der Waals surface area contributed by atoms with Crippen LogP contribution >= 0.6 is 0 Å². The van der Waals surface area contributed by atoms with Gasteiger partial charge in [0.2, 0.25) is 0 Å². The van der Waals surface area contributed by atoms with Crippen LogP contribution in [0.1, 0.15) is 5.69 Å². The molecule has 0 bridgehead atoms.